The molecule has 12 heteroatoms. The smallest absolute Gasteiger partial charge is 0.427 e. The minimum absolute atomic E-state index is 0.0513. The number of carbonyl (C=O) groups is 1. The number of ether oxygens (including phenoxy) is 3. The summed E-state index contributed by atoms with van der Waals surface area (Å²) < 4.78 is 51.8. The number of hydrogen-bond donors (Lipinski definition) is 0. The van der Waals surface area contributed by atoms with Crippen LogP contribution >= 0.6 is 11.3 Å². The number of rotatable bonds is 6. The van der Waals surface area contributed by atoms with Gasteiger partial charge in [-0.2, -0.15) is 13.8 Å². The van der Waals surface area contributed by atoms with E-state index in [1.54, 1.807) is 17.2 Å². The van der Waals surface area contributed by atoms with Gasteiger partial charge in [0.1, 0.15) is 10.6 Å². The van der Waals surface area contributed by atoms with E-state index in [2.05, 4.69) is 9.97 Å². The van der Waals surface area contributed by atoms with Crippen LogP contribution in [0.3, 0.4) is 0 Å². The molecule has 0 N–H and O–H groups in total. The number of carbonyl (C=O) groups excluding carboxylic acids is 1. The number of hydrogen-bond acceptors (Lipinski definition) is 9. The highest BCUT2D eigenvalue weighted by Gasteiger charge is 2.51. The number of methoxy groups -OCH3 is 1. The molecule has 0 aliphatic carbocycles. The molecule has 1 amide bonds. The number of benzene rings is 1. The van der Waals surface area contributed by atoms with E-state index in [9.17, 15) is 13.6 Å². The number of piperidine rings is 1. The lowest BCUT2D eigenvalue weighted by atomic mass is 9.88. The zero-order valence-electron chi connectivity index (χ0n) is 21.6. The van der Waals surface area contributed by atoms with Crippen molar-refractivity contribution in [3.05, 3.63) is 23.7 Å². The summed E-state index contributed by atoms with van der Waals surface area (Å²) in [4.78, 5) is 25.2. The van der Waals surface area contributed by atoms with Crippen molar-refractivity contribution in [2.24, 2.45) is 0 Å². The zero-order valence-corrected chi connectivity index (χ0v) is 22.4. The van der Waals surface area contributed by atoms with Gasteiger partial charge in [0.25, 0.3) is 6.01 Å². The Bertz CT molecular complexity index is 1290. The SMILES string of the molecule is COC(C)(C)C(F)(F)Oc1ccc(-c2nccs2)c2oc(N3CC4CC(C3)N4C(=O)OC(C)(C)C)nc12. The average molecular weight is 537 g/mol. The van der Waals surface area contributed by atoms with Crippen LogP contribution in [0.15, 0.2) is 28.1 Å². The number of fused-ring (bicyclic) bond motifs is 3. The molecule has 3 aliphatic heterocycles. The Morgan fingerprint density at radius 3 is 2.46 bits per heavy atom. The van der Waals surface area contributed by atoms with Crippen LogP contribution in [-0.2, 0) is 9.47 Å². The number of halogens is 2. The number of thiazole rings is 1. The van der Waals surface area contributed by atoms with E-state index >= 15 is 0 Å². The van der Waals surface area contributed by atoms with Crippen LogP contribution in [0.25, 0.3) is 21.7 Å². The first-order chi connectivity index (χ1) is 17.3. The summed E-state index contributed by atoms with van der Waals surface area (Å²) in [7, 11) is 1.20. The Morgan fingerprint density at radius 1 is 1.16 bits per heavy atom. The summed E-state index contributed by atoms with van der Waals surface area (Å²) in [6, 6.07) is 3.26. The quantitative estimate of drug-likeness (QED) is 0.405. The first-order valence-corrected chi connectivity index (χ1v) is 12.9. The topological polar surface area (TPSA) is 90.2 Å². The van der Waals surface area contributed by atoms with Crippen molar-refractivity contribution in [1.82, 2.24) is 14.9 Å². The zero-order chi connectivity index (χ0) is 26.8. The summed E-state index contributed by atoms with van der Waals surface area (Å²) in [5, 5.41) is 2.49. The number of oxazole rings is 1. The first kappa shape index (κ1) is 25.7. The second-order valence-electron chi connectivity index (χ2n) is 10.8. The molecule has 2 aromatic heterocycles. The summed E-state index contributed by atoms with van der Waals surface area (Å²) >= 11 is 1.40. The minimum atomic E-state index is -3.64. The van der Waals surface area contributed by atoms with Gasteiger partial charge < -0.3 is 23.5 Å². The average Bonchev–Trinajstić information content (AvgIpc) is 3.48. The molecule has 200 valence electrons. The molecule has 3 aliphatic rings. The molecule has 9 nitrogen and oxygen atoms in total. The summed E-state index contributed by atoms with van der Waals surface area (Å²) in [6.07, 6.45) is -1.47. The van der Waals surface area contributed by atoms with Gasteiger partial charge in [0.2, 0.25) is 0 Å². The van der Waals surface area contributed by atoms with Crippen molar-refractivity contribution in [2.45, 2.75) is 70.4 Å². The molecule has 2 bridgehead atoms. The maximum atomic E-state index is 15.0. The molecule has 1 aromatic carbocycles. The fourth-order valence-corrected chi connectivity index (χ4v) is 5.13. The second-order valence-corrected chi connectivity index (χ2v) is 11.7. The normalized spacial score (nSPS) is 20.2. The van der Waals surface area contributed by atoms with Crippen molar-refractivity contribution < 1.29 is 32.2 Å². The van der Waals surface area contributed by atoms with Crippen molar-refractivity contribution in [3.8, 4) is 16.3 Å². The van der Waals surface area contributed by atoms with Crippen molar-refractivity contribution in [3.63, 3.8) is 0 Å². The van der Waals surface area contributed by atoms with Gasteiger partial charge in [-0.05, 0) is 53.2 Å². The van der Waals surface area contributed by atoms with E-state index in [0.29, 0.717) is 29.2 Å². The van der Waals surface area contributed by atoms with E-state index in [0.717, 1.165) is 6.42 Å². The van der Waals surface area contributed by atoms with Crippen LogP contribution in [0, 0.1) is 0 Å². The highest BCUT2D eigenvalue weighted by atomic mass is 32.1. The van der Waals surface area contributed by atoms with Gasteiger partial charge in [0, 0.05) is 31.8 Å². The van der Waals surface area contributed by atoms with Crippen molar-refractivity contribution in [1.29, 1.82) is 0 Å². The largest absolute Gasteiger partial charge is 0.444 e. The molecule has 5 heterocycles. The molecule has 3 saturated heterocycles. The second kappa shape index (κ2) is 8.80. The summed E-state index contributed by atoms with van der Waals surface area (Å²) in [5.41, 5.74) is -1.36. The van der Waals surface area contributed by atoms with Crippen LogP contribution in [0.5, 0.6) is 5.75 Å². The lowest BCUT2D eigenvalue weighted by molar-refractivity contribution is -0.283. The van der Waals surface area contributed by atoms with E-state index in [1.807, 2.05) is 31.1 Å². The molecule has 6 rings (SSSR count). The van der Waals surface area contributed by atoms with E-state index in [-0.39, 0.29) is 35.5 Å². The maximum absolute atomic E-state index is 15.0. The number of amides is 1. The fraction of sp³-hybridized carbons (Fsp3) is 0.560. The Kier molecular flexibility index (Phi) is 6.10. The molecule has 37 heavy (non-hydrogen) atoms. The summed E-state index contributed by atoms with van der Waals surface area (Å²) in [5.74, 6) is -0.127. The van der Waals surface area contributed by atoms with E-state index < -0.39 is 17.3 Å². The van der Waals surface area contributed by atoms with Crippen LogP contribution in [-0.4, -0.2) is 70.6 Å². The Labute approximate surface area is 217 Å². The lowest BCUT2D eigenvalue weighted by Gasteiger charge is -2.55. The molecular weight excluding hydrogens is 506 g/mol. The van der Waals surface area contributed by atoms with Gasteiger partial charge >= 0.3 is 12.2 Å². The monoisotopic (exact) mass is 536 g/mol. The third-order valence-electron chi connectivity index (χ3n) is 6.68. The number of piperazine rings is 1. The molecule has 3 fully saturated rings. The van der Waals surface area contributed by atoms with E-state index in [1.165, 1.54) is 38.4 Å². The van der Waals surface area contributed by atoms with E-state index in [4.69, 9.17) is 18.6 Å². The Balaban J connectivity index is 1.46. The van der Waals surface area contributed by atoms with Gasteiger partial charge in [-0.25, -0.2) is 9.78 Å². The summed E-state index contributed by atoms with van der Waals surface area (Å²) in [6.45, 7) is 8.97. The predicted molar refractivity (Wildman–Crippen MR) is 134 cm³/mol. The predicted octanol–water partition coefficient (Wildman–Crippen LogP) is 5.55. The van der Waals surface area contributed by atoms with Gasteiger partial charge in [0.05, 0.1) is 17.6 Å². The number of nitrogens with zero attached hydrogens (tertiary/aromatic N) is 4. The molecule has 0 spiro atoms. The van der Waals surface area contributed by atoms with Crippen molar-refractivity contribution >= 4 is 34.5 Å². The molecular formula is C25H30F2N4O5S. The fourth-order valence-electron chi connectivity index (χ4n) is 4.47. The third-order valence-corrected chi connectivity index (χ3v) is 7.48. The highest BCUT2D eigenvalue weighted by molar-refractivity contribution is 7.13. The van der Waals surface area contributed by atoms with Gasteiger partial charge in [-0.3, -0.25) is 4.90 Å². The molecule has 0 saturated carbocycles. The highest BCUT2D eigenvalue weighted by Crippen LogP contribution is 2.43. The first-order valence-electron chi connectivity index (χ1n) is 12.0. The van der Waals surface area contributed by atoms with Crippen LogP contribution in [0.4, 0.5) is 19.6 Å². The number of aromatic nitrogens is 2. The minimum Gasteiger partial charge on any atom is -0.444 e. The Hall–Kier alpha value is -2.99. The van der Waals surface area contributed by atoms with Crippen LogP contribution < -0.4 is 9.64 Å². The number of anilines is 1. The van der Waals surface area contributed by atoms with Crippen LogP contribution in [0.1, 0.15) is 41.0 Å². The van der Waals surface area contributed by atoms with Crippen molar-refractivity contribution in [2.75, 3.05) is 25.1 Å². The maximum Gasteiger partial charge on any atom is 0.427 e. The number of alkyl halides is 2. The van der Waals surface area contributed by atoms with Gasteiger partial charge in [-0.15, -0.1) is 11.3 Å². The molecule has 2 atom stereocenters. The molecule has 0 radical (unpaired) electrons. The Morgan fingerprint density at radius 2 is 1.86 bits per heavy atom. The third kappa shape index (κ3) is 4.61. The lowest BCUT2D eigenvalue weighted by Crippen LogP contribution is -2.70. The van der Waals surface area contributed by atoms with Gasteiger partial charge in [-0.1, -0.05) is 0 Å². The standard InChI is InChI=1S/C25H30F2N4O5S/c1-23(2,3)36-22(32)31-14-11-15(31)13-30(12-14)21-29-18-17(35-25(26,27)24(4,5)33-6)8-7-16(19(18)34-21)20-28-9-10-37-20/h7-10,14-15H,11-13H2,1-6H3. The molecule has 2 unspecified atom stereocenters. The van der Waals surface area contributed by atoms with Gasteiger partial charge in [0.15, 0.2) is 22.5 Å². The van der Waals surface area contributed by atoms with Crippen LogP contribution in [0.2, 0.25) is 0 Å². The molecule has 3 aromatic rings.